The number of nitrogens with zero attached hydrogens (tertiary/aromatic N) is 1. The number of rotatable bonds is 3. The summed E-state index contributed by atoms with van der Waals surface area (Å²) in [7, 11) is 0. The number of halogens is 4. The second-order valence-corrected chi connectivity index (χ2v) is 7.54. The number of benzene rings is 3. The van der Waals surface area contributed by atoms with Gasteiger partial charge < -0.3 is 5.32 Å². The van der Waals surface area contributed by atoms with Crippen LogP contribution in [0.5, 0.6) is 0 Å². The van der Waals surface area contributed by atoms with Crippen LogP contribution in [-0.4, -0.2) is 11.7 Å². The first-order chi connectivity index (χ1) is 14.8. The smallest absolute Gasteiger partial charge is 0.307 e. The van der Waals surface area contributed by atoms with Gasteiger partial charge in [0.25, 0.3) is 0 Å². The highest BCUT2D eigenvalue weighted by atomic mass is 35.5. The van der Waals surface area contributed by atoms with Crippen LogP contribution in [0, 0.1) is 0 Å². The summed E-state index contributed by atoms with van der Waals surface area (Å²) in [5, 5.41) is 7.45. The van der Waals surface area contributed by atoms with Gasteiger partial charge in [-0.05, 0) is 53.9 Å². The summed E-state index contributed by atoms with van der Waals surface area (Å²) >= 11 is 6.13. The third kappa shape index (κ3) is 4.72. The Morgan fingerprint density at radius 2 is 1.71 bits per heavy atom. The lowest BCUT2D eigenvalue weighted by Gasteiger charge is -2.13. The monoisotopic (exact) mass is 443 g/mol. The number of anilines is 1. The highest BCUT2D eigenvalue weighted by Crippen LogP contribution is 2.36. The Kier molecular flexibility index (Phi) is 5.69. The summed E-state index contributed by atoms with van der Waals surface area (Å²) in [6, 6.07) is 18.9. The number of hydrazone groups is 1. The molecule has 0 radical (unpaired) electrons. The minimum atomic E-state index is -4.43. The summed E-state index contributed by atoms with van der Waals surface area (Å²) < 4.78 is 38.0. The van der Waals surface area contributed by atoms with Gasteiger partial charge in [0.05, 0.1) is 11.3 Å². The fourth-order valence-corrected chi connectivity index (χ4v) is 3.79. The predicted octanol–water partition coefficient (Wildman–Crippen LogP) is 6.22. The Morgan fingerprint density at radius 1 is 1.00 bits per heavy atom. The third-order valence-corrected chi connectivity index (χ3v) is 5.28. The number of hydrogen-bond donors (Lipinski definition) is 2. The van der Waals surface area contributed by atoms with Crippen LogP contribution in [-0.2, 0) is 12.6 Å². The van der Waals surface area contributed by atoms with E-state index < -0.39 is 17.8 Å². The zero-order chi connectivity index (χ0) is 22.0. The van der Waals surface area contributed by atoms with Crippen molar-refractivity contribution in [2.45, 2.75) is 18.5 Å². The molecule has 1 aliphatic carbocycles. The number of alkyl halides is 3. The van der Waals surface area contributed by atoms with Crippen LogP contribution in [0.3, 0.4) is 0 Å². The average molecular weight is 444 g/mol. The van der Waals surface area contributed by atoms with Crippen LogP contribution in [0.15, 0.2) is 77.9 Å². The molecular formula is C23H17ClF3N3O. The highest BCUT2D eigenvalue weighted by Gasteiger charge is 2.31. The predicted molar refractivity (Wildman–Crippen MR) is 114 cm³/mol. The number of amides is 2. The van der Waals surface area contributed by atoms with Gasteiger partial charge in [0.2, 0.25) is 0 Å². The molecule has 0 aromatic heterocycles. The highest BCUT2D eigenvalue weighted by molar-refractivity contribution is 6.31. The number of carbonyl (C=O) groups excluding carboxylic acids is 1. The van der Waals surface area contributed by atoms with Crippen molar-refractivity contribution in [2.75, 3.05) is 5.32 Å². The normalized spacial score (nSPS) is 16.8. The zero-order valence-electron chi connectivity index (χ0n) is 16.1. The molecule has 0 aliphatic heterocycles. The number of carbonyl (C=O) groups is 1. The molecule has 2 N–H and O–H groups in total. The van der Waals surface area contributed by atoms with Crippen LogP contribution in [0.1, 0.15) is 28.2 Å². The summed E-state index contributed by atoms with van der Waals surface area (Å²) in [5.41, 5.74) is 5.57. The van der Waals surface area contributed by atoms with E-state index in [1.165, 1.54) is 12.1 Å². The zero-order valence-corrected chi connectivity index (χ0v) is 16.8. The summed E-state index contributed by atoms with van der Waals surface area (Å²) in [5.74, 6) is -0.0546. The number of nitrogens with one attached hydrogen (secondary N) is 2. The topological polar surface area (TPSA) is 53.5 Å². The SMILES string of the molecule is O=C(NN=C1c2ccc(Cl)cc2CC1c1ccccc1)Nc1ccc(C(F)(F)F)cc1. The molecule has 31 heavy (non-hydrogen) atoms. The molecule has 1 atom stereocenters. The van der Waals surface area contributed by atoms with Crippen LogP contribution in [0.2, 0.25) is 5.02 Å². The molecular weight excluding hydrogens is 427 g/mol. The van der Waals surface area contributed by atoms with Gasteiger partial charge in [-0.3, -0.25) is 0 Å². The van der Waals surface area contributed by atoms with Crippen molar-refractivity contribution in [1.82, 2.24) is 5.43 Å². The Hall–Kier alpha value is -3.32. The van der Waals surface area contributed by atoms with Gasteiger partial charge in [-0.25, -0.2) is 10.2 Å². The maximum absolute atomic E-state index is 12.7. The molecule has 4 rings (SSSR count). The van der Waals surface area contributed by atoms with E-state index in [-0.39, 0.29) is 11.6 Å². The first-order valence-electron chi connectivity index (χ1n) is 9.47. The third-order valence-electron chi connectivity index (χ3n) is 5.05. The Labute approximate surface area is 181 Å². The fourth-order valence-electron chi connectivity index (χ4n) is 3.60. The molecule has 0 bridgehead atoms. The average Bonchev–Trinajstić information content (AvgIpc) is 3.10. The molecule has 0 saturated heterocycles. The summed E-state index contributed by atoms with van der Waals surface area (Å²) in [4.78, 5) is 12.3. The lowest BCUT2D eigenvalue weighted by molar-refractivity contribution is -0.137. The van der Waals surface area contributed by atoms with Crippen molar-refractivity contribution < 1.29 is 18.0 Å². The van der Waals surface area contributed by atoms with E-state index in [4.69, 9.17) is 11.6 Å². The largest absolute Gasteiger partial charge is 0.416 e. The van der Waals surface area contributed by atoms with E-state index in [9.17, 15) is 18.0 Å². The molecule has 0 fully saturated rings. The number of urea groups is 1. The van der Waals surface area contributed by atoms with Crippen molar-refractivity contribution in [3.63, 3.8) is 0 Å². The van der Waals surface area contributed by atoms with E-state index >= 15 is 0 Å². The van der Waals surface area contributed by atoms with E-state index in [1.54, 1.807) is 6.07 Å². The van der Waals surface area contributed by atoms with E-state index in [0.717, 1.165) is 28.8 Å². The van der Waals surface area contributed by atoms with Crippen LogP contribution < -0.4 is 10.7 Å². The quantitative estimate of drug-likeness (QED) is 0.463. The van der Waals surface area contributed by atoms with E-state index in [1.807, 2.05) is 42.5 Å². The lowest BCUT2D eigenvalue weighted by atomic mass is 9.95. The first kappa shape index (κ1) is 20.9. The lowest BCUT2D eigenvalue weighted by Crippen LogP contribution is -2.26. The molecule has 3 aromatic rings. The molecule has 1 aliphatic rings. The fraction of sp³-hybridized carbons (Fsp3) is 0.130. The summed E-state index contributed by atoms with van der Waals surface area (Å²) in [6.07, 6.45) is -3.74. The Morgan fingerprint density at radius 3 is 2.39 bits per heavy atom. The standard InChI is InChI=1S/C23H17ClF3N3O/c24-17-8-11-19-15(12-17)13-20(14-4-2-1-3-5-14)21(19)29-30-22(31)28-18-9-6-16(7-10-18)23(25,26)27/h1-12,20H,13H2,(H2,28,30,31). The van der Waals surface area contributed by atoms with E-state index in [2.05, 4.69) is 15.8 Å². The molecule has 2 amide bonds. The molecule has 0 saturated carbocycles. The van der Waals surface area contributed by atoms with Gasteiger partial charge in [0.15, 0.2) is 0 Å². The molecule has 8 heteroatoms. The van der Waals surface area contributed by atoms with Crippen molar-refractivity contribution >= 4 is 29.0 Å². The van der Waals surface area contributed by atoms with Crippen molar-refractivity contribution in [1.29, 1.82) is 0 Å². The minimum Gasteiger partial charge on any atom is -0.307 e. The second kappa shape index (κ2) is 8.43. The molecule has 4 nitrogen and oxygen atoms in total. The van der Waals surface area contributed by atoms with Gasteiger partial charge >= 0.3 is 12.2 Å². The first-order valence-corrected chi connectivity index (χ1v) is 9.84. The van der Waals surface area contributed by atoms with Gasteiger partial charge in [0.1, 0.15) is 0 Å². The van der Waals surface area contributed by atoms with Gasteiger partial charge in [-0.2, -0.15) is 18.3 Å². The van der Waals surface area contributed by atoms with Crippen molar-refractivity contribution in [3.8, 4) is 0 Å². The molecule has 158 valence electrons. The van der Waals surface area contributed by atoms with E-state index in [0.29, 0.717) is 17.2 Å². The van der Waals surface area contributed by atoms with Crippen molar-refractivity contribution in [2.24, 2.45) is 5.10 Å². The molecule has 1 unspecified atom stereocenters. The van der Waals surface area contributed by atoms with Crippen LogP contribution in [0.25, 0.3) is 0 Å². The number of hydrogen-bond acceptors (Lipinski definition) is 2. The van der Waals surface area contributed by atoms with Gasteiger partial charge in [0, 0.05) is 22.2 Å². The van der Waals surface area contributed by atoms with Crippen LogP contribution in [0.4, 0.5) is 23.7 Å². The van der Waals surface area contributed by atoms with Crippen LogP contribution >= 0.6 is 11.6 Å². The maximum atomic E-state index is 12.7. The molecule has 0 spiro atoms. The Balaban J connectivity index is 1.53. The maximum Gasteiger partial charge on any atom is 0.416 e. The number of fused-ring (bicyclic) bond motifs is 1. The molecule has 3 aromatic carbocycles. The second-order valence-electron chi connectivity index (χ2n) is 7.11. The Bertz CT molecular complexity index is 1130. The van der Waals surface area contributed by atoms with Crippen molar-refractivity contribution in [3.05, 3.63) is 100 Å². The molecule has 0 heterocycles. The summed E-state index contributed by atoms with van der Waals surface area (Å²) in [6.45, 7) is 0. The minimum absolute atomic E-state index is 0.0546. The van der Waals surface area contributed by atoms with Gasteiger partial charge in [-0.15, -0.1) is 0 Å². The van der Waals surface area contributed by atoms with Gasteiger partial charge in [-0.1, -0.05) is 48.0 Å².